The topological polar surface area (TPSA) is 57.6 Å². The van der Waals surface area contributed by atoms with Crippen molar-refractivity contribution in [2.24, 2.45) is 11.8 Å². The molecule has 0 aromatic rings. The molecule has 2 rings (SSSR count). The standard InChI is InChI=1S/C11H17NO3/c1-11(2)4-3-5-12(11)9(13)7-6-8(7)10(14)15/h7-8H,3-6H2,1-2H3,(H,14,15)/t7-,8+/m1/s1. The molecule has 1 saturated carbocycles. The van der Waals surface area contributed by atoms with Gasteiger partial charge in [-0.25, -0.2) is 0 Å². The highest BCUT2D eigenvalue weighted by Gasteiger charge is 2.52. The molecular weight excluding hydrogens is 194 g/mol. The van der Waals surface area contributed by atoms with Gasteiger partial charge in [0.15, 0.2) is 0 Å². The van der Waals surface area contributed by atoms with Crippen molar-refractivity contribution in [3.8, 4) is 0 Å². The molecule has 0 radical (unpaired) electrons. The van der Waals surface area contributed by atoms with Crippen molar-refractivity contribution in [3.05, 3.63) is 0 Å². The van der Waals surface area contributed by atoms with Crippen LogP contribution in [0.4, 0.5) is 0 Å². The molecule has 15 heavy (non-hydrogen) atoms. The molecule has 1 N–H and O–H groups in total. The highest BCUT2D eigenvalue weighted by atomic mass is 16.4. The number of carboxylic acid groups (broad SMARTS) is 1. The van der Waals surface area contributed by atoms with E-state index in [0.717, 1.165) is 19.4 Å². The molecular formula is C11H17NO3. The fourth-order valence-electron chi connectivity index (χ4n) is 2.46. The van der Waals surface area contributed by atoms with Gasteiger partial charge in [-0.3, -0.25) is 9.59 Å². The SMILES string of the molecule is CC1(C)CCCN1C(=O)[C@@H]1C[C@@H]1C(=O)O. The highest BCUT2D eigenvalue weighted by molar-refractivity contribution is 5.90. The van der Waals surface area contributed by atoms with Crippen molar-refractivity contribution < 1.29 is 14.7 Å². The molecule has 84 valence electrons. The summed E-state index contributed by atoms with van der Waals surface area (Å²) >= 11 is 0. The van der Waals surface area contributed by atoms with Gasteiger partial charge in [0.1, 0.15) is 0 Å². The van der Waals surface area contributed by atoms with Crippen LogP contribution in [-0.2, 0) is 9.59 Å². The Morgan fingerprint density at radius 1 is 1.33 bits per heavy atom. The predicted molar refractivity (Wildman–Crippen MR) is 54.3 cm³/mol. The maximum atomic E-state index is 12.0. The second-order valence-corrected chi connectivity index (χ2v) is 5.19. The summed E-state index contributed by atoms with van der Waals surface area (Å²) < 4.78 is 0. The molecule has 2 atom stereocenters. The van der Waals surface area contributed by atoms with E-state index in [9.17, 15) is 9.59 Å². The molecule has 2 aliphatic rings. The Balaban J connectivity index is 2.01. The lowest BCUT2D eigenvalue weighted by molar-refractivity contribution is -0.143. The average Bonchev–Trinajstić information content (AvgIpc) is 2.84. The number of carbonyl (C=O) groups is 2. The summed E-state index contributed by atoms with van der Waals surface area (Å²) in [5.41, 5.74) is -0.0806. The zero-order valence-electron chi connectivity index (χ0n) is 9.19. The molecule has 4 heteroatoms. The summed E-state index contributed by atoms with van der Waals surface area (Å²) in [4.78, 5) is 24.5. The van der Waals surface area contributed by atoms with Crippen LogP contribution < -0.4 is 0 Å². The van der Waals surface area contributed by atoms with Crippen molar-refractivity contribution in [2.75, 3.05) is 6.54 Å². The molecule has 0 unspecified atom stereocenters. The van der Waals surface area contributed by atoms with Gasteiger partial charge in [0.2, 0.25) is 5.91 Å². The second kappa shape index (κ2) is 3.22. The molecule has 1 aliphatic heterocycles. The first-order valence-corrected chi connectivity index (χ1v) is 5.48. The molecule has 1 aliphatic carbocycles. The smallest absolute Gasteiger partial charge is 0.307 e. The highest BCUT2D eigenvalue weighted by Crippen LogP contribution is 2.42. The van der Waals surface area contributed by atoms with Crippen molar-refractivity contribution in [3.63, 3.8) is 0 Å². The summed E-state index contributed by atoms with van der Waals surface area (Å²) in [6.45, 7) is 4.89. The van der Waals surface area contributed by atoms with Gasteiger partial charge >= 0.3 is 5.97 Å². The monoisotopic (exact) mass is 211 g/mol. The fourth-order valence-corrected chi connectivity index (χ4v) is 2.46. The van der Waals surface area contributed by atoms with E-state index in [1.54, 1.807) is 0 Å². The van der Waals surface area contributed by atoms with Crippen LogP contribution >= 0.6 is 0 Å². The van der Waals surface area contributed by atoms with E-state index < -0.39 is 11.9 Å². The zero-order chi connectivity index (χ0) is 11.2. The molecule has 1 amide bonds. The van der Waals surface area contributed by atoms with E-state index in [1.807, 2.05) is 4.90 Å². The lowest BCUT2D eigenvalue weighted by Crippen LogP contribution is -2.43. The first-order chi connectivity index (χ1) is 6.93. The zero-order valence-corrected chi connectivity index (χ0v) is 9.19. The van der Waals surface area contributed by atoms with Gasteiger partial charge in [-0.2, -0.15) is 0 Å². The van der Waals surface area contributed by atoms with Crippen LogP contribution in [0.2, 0.25) is 0 Å². The average molecular weight is 211 g/mol. The Morgan fingerprint density at radius 3 is 2.40 bits per heavy atom. The van der Waals surface area contributed by atoms with E-state index in [0.29, 0.717) is 6.42 Å². The molecule has 0 aromatic heterocycles. The van der Waals surface area contributed by atoms with Gasteiger partial charge in [-0.1, -0.05) is 0 Å². The van der Waals surface area contributed by atoms with Crippen molar-refractivity contribution in [1.82, 2.24) is 4.90 Å². The van der Waals surface area contributed by atoms with Crippen molar-refractivity contribution >= 4 is 11.9 Å². The van der Waals surface area contributed by atoms with Crippen LogP contribution in [0.25, 0.3) is 0 Å². The number of hydrogen-bond donors (Lipinski definition) is 1. The van der Waals surface area contributed by atoms with Gasteiger partial charge < -0.3 is 10.0 Å². The summed E-state index contributed by atoms with van der Waals surface area (Å²) in [5, 5.41) is 8.77. The molecule has 1 saturated heterocycles. The van der Waals surface area contributed by atoms with Crippen LogP contribution in [0.3, 0.4) is 0 Å². The lowest BCUT2D eigenvalue weighted by Gasteiger charge is -2.31. The number of rotatable bonds is 2. The Labute approximate surface area is 89.3 Å². The summed E-state index contributed by atoms with van der Waals surface area (Å²) in [6.07, 6.45) is 2.58. The maximum Gasteiger partial charge on any atom is 0.307 e. The van der Waals surface area contributed by atoms with Crippen LogP contribution in [0.15, 0.2) is 0 Å². The third-order valence-electron chi connectivity index (χ3n) is 3.59. The molecule has 0 bridgehead atoms. The van der Waals surface area contributed by atoms with Gasteiger partial charge in [0, 0.05) is 12.1 Å². The first-order valence-electron chi connectivity index (χ1n) is 5.48. The van der Waals surface area contributed by atoms with Gasteiger partial charge in [0.05, 0.1) is 11.8 Å². The van der Waals surface area contributed by atoms with E-state index in [4.69, 9.17) is 5.11 Å². The summed E-state index contributed by atoms with van der Waals surface area (Å²) in [5.74, 6) is -1.45. The van der Waals surface area contributed by atoms with Crippen LogP contribution in [0.5, 0.6) is 0 Å². The van der Waals surface area contributed by atoms with Crippen LogP contribution in [0.1, 0.15) is 33.1 Å². The second-order valence-electron chi connectivity index (χ2n) is 5.19. The number of carboxylic acids is 1. The number of aliphatic carboxylic acids is 1. The Bertz CT molecular complexity index is 311. The van der Waals surface area contributed by atoms with E-state index in [2.05, 4.69) is 13.8 Å². The van der Waals surface area contributed by atoms with E-state index in [1.165, 1.54) is 0 Å². The number of hydrogen-bond acceptors (Lipinski definition) is 2. The molecule has 0 aromatic carbocycles. The largest absolute Gasteiger partial charge is 0.481 e. The van der Waals surface area contributed by atoms with Crippen LogP contribution in [-0.4, -0.2) is 34.0 Å². The summed E-state index contributed by atoms with van der Waals surface area (Å²) in [7, 11) is 0. The Hall–Kier alpha value is -1.06. The molecule has 4 nitrogen and oxygen atoms in total. The van der Waals surface area contributed by atoms with Crippen molar-refractivity contribution in [2.45, 2.75) is 38.6 Å². The lowest BCUT2D eigenvalue weighted by atomic mass is 10.0. The van der Waals surface area contributed by atoms with Crippen LogP contribution in [0, 0.1) is 11.8 Å². The van der Waals surface area contributed by atoms with E-state index in [-0.39, 0.29) is 17.4 Å². The number of amides is 1. The van der Waals surface area contributed by atoms with Gasteiger partial charge in [-0.15, -0.1) is 0 Å². The molecule has 0 spiro atoms. The Kier molecular flexibility index (Phi) is 2.24. The third-order valence-corrected chi connectivity index (χ3v) is 3.59. The number of carbonyl (C=O) groups excluding carboxylic acids is 1. The quantitative estimate of drug-likeness (QED) is 0.744. The van der Waals surface area contributed by atoms with Crippen molar-refractivity contribution in [1.29, 1.82) is 0 Å². The minimum absolute atomic E-state index is 0.0462. The number of nitrogens with zero attached hydrogens (tertiary/aromatic N) is 1. The van der Waals surface area contributed by atoms with Gasteiger partial charge in [-0.05, 0) is 33.1 Å². The fraction of sp³-hybridized carbons (Fsp3) is 0.818. The Morgan fingerprint density at radius 2 is 2.00 bits per heavy atom. The molecule has 1 heterocycles. The number of likely N-dealkylation sites (tertiary alicyclic amines) is 1. The maximum absolute atomic E-state index is 12.0. The minimum Gasteiger partial charge on any atom is -0.481 e. The molecule has 2 fully saturated rings. The third kappa shape index (κ3) is 1.73. The van der Waals surface area contributed by atoms with E-state index >= 15 is 0 Å². The minimum atomic E-state index is -0.828. The van der Waals surface area contributed by atoms with Gasteiger partial charge in [0.25, 0.3) is 0 Å². The summed E-state index contributed by atoms with van der Waals surface area (Å²) in [6, 6.07) is 0. The normalized spacial score (nSPS) is 32.8. The first kappa shape index (κ1) is 10.5. The predicted octanol–water partition coefficient (Wildman–Crippen LogP) is 1.11.